The van der Waals surface area contributed by atoms with Crippen LogP contribution in [0.25, 0.3) is 5.69 Å². The van der Waals surface area contributed by atoms with Crippen LogP contribution in [0, 0.1) is 6.92 Å². The van der Waals surface area contributed by atoms with Gasteiger partial charge in [0.1, 0.15) is 12.7 Å². The Labute approximate surface area is 160 Å². The predicted molar refractivity (Wildman–Crippen MR) is 109 cm³/mol. The van der Waals surface area contributed by atoms with Gasteiger partial charge in [-0.2, -0.15) is 5.10 Å². The number of aryl methyl sites for hydroxylation is 1. The summed E-state index contributed by atoms with van der Waals surface area (Å²) in [6, 6.07) is 16.9. The monoisotopic (exact) mass is 362 g/mol. The highest BCUT2D eigenvalue weighted by Crippen LogP contribution is 2.15. The Morgan fingerprint density at radius 3 is 2.63 bits per heavy atom. The molecule has 2 N–H and O–H groups in total. The summed E-state index contributed by atoms with van der Waals surface area (Å²) in [7, 11) is 1.79. The van der Waals surface area contributed by atoms with Crippen LogP contribution in [0.2, 0.25) is 0 Å². The van der Waals surface area contributed by atoms with E-state index >= 15 is 0 Å². The van der Waals surface area contributed by atoms with E-state index in [0.29, 0.717) is 12.5 Å². The van der Waals surface area contributed by atoms with E-state index in [9.17, 15) is 0 Å². The van der Waals surface area contributed by atoms with Crippen molar-refractivity contribution in [3.8, 4) is 5.69 Å². The molecule has 1 heterocycles. The van der Waals surface area contributed by atoms with Crippen molar-refractivity contribution >= 4 is 5.96 Å². The molecule has 0 spiro atoms. The minimum Gasteiger partial charge on any atom is -0.356 e. The average molecular weight is 362 g/mol. The lowest BCUT2D eigenvalue weighted by molar-refractivity contribution is 0.698. The van der Waals surface area contributed by atoms with Crippen LogP contribution in [0.1, 0.15) is 29.5 Å². The van der Waals surface area contributed by atoms with Crippen molar-refractivity contribution in [2.45, 2.75) is 26.3 Å². The first-order chi connectivity index (χ1) is 13.2. The largest absolute Gasteiger partial charge is 0.356 e. The third-order valence-electron chi connectivity index (χ3n) is 4.49. The highest BCUT2D eigenvalue weighted by molar-refractivity contribution is 5.79. The Kier molecular flexibility index (Phi) is 6.20. The first kappa shape index (κ1) is 18.6. The molecule has 0 aliphatic carbocycles. The summed E-state index contributed by atoms with van der Waals surface area (Å²) in [4.78, 5) is 8.28. The molecule has 0 saturated carbocycles. The zero-order chi connectivity index (χ0) is 19.1. The van der Waals surface area contributed by atoms with Crippen LogP contribution in [0.4, 0.5) is 0 Å². The Bertz CT molecular complexity index is 868. The van der Waals surface area contributed by atoms with Crippen LogP contribution in [-0.2, 0) is 6.54 Å². The molecule has 6 heteroatoms. The fraction of sp³-hybridized carbons (Fsp3) is 0.286. The molecule has 2 aromatic carbocycles. The van der Waals surface area contributed by atoms with Crippen molar-refractivity contribution < 1.29 is 0 Å². The van der Waals surface area contributed by atoms with E-state index in [0.717, 1.165) is 18.2 Å². The fourth-order valence-electron chi connectivity index (χ4n) is 2.86. The highest BCUT2D eigenvalue weighted by Gasteiger charge is 2.07. The zero-order valence-corrected chi connectivity index (χ0v) is 16.1. The van der Waals surface area contributed by atoms with Crippen molar-refractivity contribution in [1.29, 1.82) is 0 Å². The molecular weight excluding hydrogens is 336 g/mol. The van der Waals surface area contributed by atoms with Crippen LogP contribution in [-0.4, -0.2) is 34.3 Å². The van der Waals surface area contributed by atoms with E-state index in [-0.39, 0.29) is 0 Å². The van der Waals surface area contributed by atoms with Gasteiger partial charge in [0.05, 0.1) is 5.69 Å². The molecule has 3 aromatic rings. The summed E-state index contributed by atoms with van der Waals surface area (Å²) in [6.45, 7) is 5.88. The highest BCUT2D eigenvalue weighted by atomic mass is 15.3. The maximum Gasteiger partial charge on any atom is 0.191 e. The minimum absolute atomic E-state index is 0.408. The van der Waals surface area contributed by atoms with Gasteiger partial charge < -0.3 is 10.6 Å². The lowest BCUT2D eigenvalue weighted by atomic mass is 9.99. The molecule has 0 aliphatic rings. The van der Waals surface area contributed by atoms with Gasteiger partial charge >= 0.3 is 0 Å². The molecule has 0 aliphatic heterocycles. The van der Waals surface area contributed by atoms with Gasteiger partial charge in [0.2, 0.25) is 0 Å². The van der Waals surface area contributed by atoms with E-state index in [1.54, 1.807) is 18.1 Å². The molecule has 0 amide bonds. The number of nitrogens with one attached hydrogen (secondary N) is 2. The summed E-state index contributed by atoms with van der Waals surface area (Å²) >= 11 is 0. The van der Waals surface area contributed by atoms with Crippen molar-refractivity contribution in [1.82, 2.24) is 25.4 Å². The van der Waals surface area contributed by atoms with Crippen LogP contribution in [0.3, 0.4) is 0 Å². The minimum atomic E-state index is 0.408. The second kappa shape index (κ2) is 8.98. The molecule has 0 saturated heterocycles. The van der Waals surface area contributed by atoms with Gasteiger partial charge in [-0.15, -0.1) is 0 Å². The van der Waals surface area contributed by atoms with Crippen molar-refractivity contribution in [3.05, 3.63) is 77.9 Å². The number of hydrogen-bond acceptors (Lipinski definition) is 3. The molecule has 1 unspecified atom stereocenters. The number of guanidine groups is 1. The van der Waals surface area contributed by atoms with Gasteiger partial charge in [-0.25, -0.2) is 9.67 Å². The summed E-state index contributed by atoms with van der Waals surface area (Å²) in [5.41, 5.74) is 4.79. The standard InChI is InChI=1S/C21H26N6/c1-16-5-4-6-19(11-16)17(2)12-24-21(22-3)25-13-18-7-9-20(10-8-18)27-15-23-14-26-27/h4-11,14-15,17H,12-13H2,1-3H3,(H2,22,24,25). The van der Waals surface area contributed by atoms with Crippen molar-refractivity contribution in [2.24, 2.45) is 4.99 Å². The molecule has 6 nitrogen and oxygen atoms in total. The smallest absolute Gasteiger partial charge is 0.191 e. The van der Waals surface area contributed by atoms with Crippen molar-refractivity contribution in [2.75, 3.05) is 13.6 Å². The van der Waals surface area contributed by atoms with E-state index in [1.807, 2.05) is 12.1 Å². The number of nitrogens with zero attached hydrogens (tertiary/aromatic N) is 4. The van der Waals surface area contributed by atoms with E-state index in [1.165, 1.54) is 23.0 Å². The van der Waals surface area contributed by atoms with Crippen molar-refractivity contribution in [3.63, 3.8) is 0 Å². The van der Waals surface area contributed by atoms with Gasteiger partial charge in [-0.1, -0.05) is 48.9 Å². The summed E-state index contributed by atoms with van der Waals surface area (Å²) < 4.78 is 1.74. The third-order valence-corrected chi connectivity index (χ3v) is 4.49. The fourth-order valence-corrected chi connectivity index (χ4v) is 2.86. The van der Waals surface area contributed by atoms with Crippen LogP contribution in [0.15, 0.2) is 66.2 Å². The van der Waals surface area contributed by atoms with Gasteiger partial charge in [-0.05, 0) is 36.1 Å². The predicted octanol–water partition coefficient (Wildman–Crippen LogP) is 3.04. The second-order valence-electron chi connectivity index (χ2n) is 6.63. The Morgan fingerprint density at radius 2 is 1.96 bits per heavy atom. The van der Waals surface area contributed by atoms with Gasteiger partial charge in [0.15, 0.2) is 5.96 Å². The van der Waals surface area contributed by atoms with Crippen LogP contribution in [0.5, 0.6) is 0 Å². The number of aromatic nitrogens is 3. The van der Waals surface area contributed by atoms with E-state index in [4.69, 9.17) is 0 Å². The number of hydrogen-bond donors (Lipinski definition) is 2. The molecule has 1 atom stereocenters. The Balaban J connectivity index is 1.50. The molecular formula is C21H26N6. The van der Waals surface area contributed by atoms with E-state index < -0.39 is 0 Å². The summed E-state index contributed by atoms with van der Waals surface area (Å²) in [5.74, 6) is 1.21. The Hall–Kier alpha value is -3.15. The molecule has 0 bridgehead atoms. The zero-order valence-electron chi connectivity index (χ0n) is 16.1. The lowest BCUT2D eigenvalue weighted by Gasteiger charge is -2.17. The van der Waals surface area contributed by atoms with Gasteiger partial charge in [-0.3, -0.25) is 4.99 Å². The maximum atomic E-state index is 4.32. The van der Waals surface area contributed by atoms with Crippen LogP contribution < -0.4 is 10.6 Å². The topological polar surface area (TPSA) is 67.1 Å². The summed E-state index contributed by atoms with van der Waals surface area (Å²) in [5, 5.41) is 10.9. The normalized spacial score (nSPS) is 12.6. The van der Waals surface area contributed by atoms with Gasteiger partial charge in [0, 0.05) is 20.1 Å². The Morgan fingerprint density at radius 1 is 1.15 bits per heavy atom. The first-order valence-corrected chi connectivity index (χ1v) is 9.10. The molecule has 0 radical (unpaired) electrons. The summed E-state index contributed by atoms with van der Waals surface area (Å²) in [6.07, 6.45) is 3.22. The third kappa shape index (κ3) is 5.17. The molecule has 3 rings (SSSR count). The number of rotatable bonds is 6. The molecule has 1 aromatic heterocycles. The first-order valence-electron chi connectivity index (χ1n) is 9.10. The quantitative estimate of drug-likeness (QED) is 0.522. The average Bonchev–Trinajstić information content (AvgIpc) is 3.23. The number of benzene rings is 2. The maximum absolute atomic E-state index is 4.32. The lowest BCUT2D eigenvalue weighted by Crippen LogP contribution is -2.38. The van der Waals surface area contributed by atoms with Gasteiger partial charge in [0.25, 0.3) is 0 Å². The van der Waals surface area contributed by atoms with E-state index in [2.05, 4.69) is 76.0 Å². The second-order valence-corrected chi connectivity index (χ2v) is 6.63. The number of aliphatic imine (C=N–C) groups is 1. The van der Waals surface area contributed by atoms with Crippen LogP contribution >= 0.6 is 0 Å². The molecule has 140 valence electrons. The molecule has 27 heavy (non-hydrogen) atoms. The SMILES string of the molecule is CN=C(NCc1ccc(-n2cncn2)cc1)NCC(C)c1cccc(C)c1. The molecule has 0 fully saturated rings.